The van der Waals surface area contributed by atoms with E-state index in [1.54, 1.807) is 0 Å². The van der Waals surface area contributed by atoms with Crippen LogP contribution in [0.25, 0.3) is 0 Å². The van der Waals surface area contributed by atoms with Crippen molar-refractivity contribution in [2.75, 3.05) is 5.32 Å². The molecule has 1 heterocycles. The van der Waals surface area contributed by atoms with Crippen LogP contribution < -0.4 is 10.0 Å². The van der Waals surface area contributed by atoms with E-state index in [0.29, 0.717) is 11.5 Å². The lowest BCUT2D eigenvalue weighted by Gasteiger charge is -2.27. The lowest BCUT2D eigenvalue weighted by atomic mass is 9.80. The number of hydrogen-bond acceptors (Lipinski definition) is 5. The van der Waals surface area contributed by atoms with E-state index >= 15 is 0 Å². The summed E-state index contributed by atoms with van der Waals surface area (Å²) < 4.78 is 32.5. The molecule has 0 saturated heterocycles. The summed E-state index contributed by atoms with van der Waals surface area (Å²) in [6.07, 6.45) is 9.79. The highest BCUT2D eigenvalue weighted by Gasteiger charge is 2.33. The minimum Gasteiger partial charge on any atom is -0.451 e. The number of rotatable bonds is 7. The molecular formula is C23H28N2O5S. The number of amides is 2. The second-order valence-corrected chi connectivity index (χ2v) is 10.7. The predicted octanol–water partition coefficient (Wildman–Crippen LogP) is 4.06. The van der Waals surface area contributed by atoms with Gasteiger partial charge in [0.15, 0.2) is 0 Å². The van der Waals surface area contributed by atoms with Crippen LogP contribution >= 0.6 is 0 Å². The number of aryl methyl sites for hydroxylation is 1. The maximum Gasteiger partial charge on any atom is 0.333 e. The van der Waals surface area contributed by atoms with E-state index < -0.39 is 22.2 Å². The molecule has 1 aromatic carbocycles. The number of carbonyl (C=O) groups is 1. The van der Waals surface area contributed by atoms with Crippen molar-refractivity contribution < 1.29 is 22.7 Å². The zero-order valence-electron chi connectivity index (χ0n) is 17.4. The number of benzene rings is 1. The molecule has 2 saturated carbocycles. The Hall–Kier alpha value is -2.32. The van der Waals surface area contributed by atoms with Crippen molar-refractivity contribution in [3.8, 4) is 0 Å². The molecule has 5 rings (SSSR count). The number of anilines is 1. The molecule has 3 aliphatic rings. The minimum absolute atomic E-state index is 0.152. The molecule has 31 heavy (non-hydrogen) atoms. The maximum atomic E-state index is 12.7. The SMILES string of the molecule is O=C(Nc1c(CC2CCC2)ccc2c1CCC2)NS(=O)(=O)c1cc(C(O)C2CC2)co1. The van der Waals surface area contributed by atoms with E-state index in [1.807, 2.05) is 0 Å². The smallest absolute Gasteiger partial charge is 0.333 e. The molecule has 0 radical (unpaired) electrons. The van der Waals surface area contributed by atoms with Crippen LogP contribution in [-0.4, -0.2) is 19.6 Å². The summed E-state index contributed by atoms with van der Waals surface area (Å²) >= 11 is 0. The van der Waals surface area contributed by atoms with Gasteiger partial charge >= 0.3 is 6.03 Å². The summed E-state index contributed by atoms with van der Waals surface area (Å²) in [6, 6.07) is 4.72. The van der Waals surface area contributed by atoms with Crippen molar-refractivity contribution in [2.24, 2.45) is 11.8 Å². The lowest BCUT2D eigenvalue weighted by molar-refractivity contribution is 0.153. The van der Waals surface area contributed by atoms with Gasteiger partial charge in [-0.15, -0.1) is 0 Å². The number of nitrogens with one attached hydrogen (secondary N) is 2. The zero-order chi connectivity index (χ0) is 21.6. The topological polar surface area (TPSA) is 109 Å². The first-order valence-electron chi connectivity index (χ1n) is 11.1. The van der Waals surface area contributed by atoms with Crippen molar-refractivity contribution in [3.05, 3.63) is 46.7 Å². The fraction of sp³-hybridized carbons (Fsp3) is 0.522. The third-order valence-corrected chi connectivity index (χ3v) is 8.04. The zero-order valence-corrected chi connectivity index (χ0v) is 18.2. The Bertz CT molecular complexity index is 1100. The molecule has 2 amide bonds. The van der Waals surface area contributed by atoms with Crippen molar-refractivity contribution in [2.45, 2.75) is 69.0 Å². The number of aliphatic hydroxyl groups is 1. The minimum atomic E-state index is -4.18. The first kappa shape index (κ1) is 20.6. The van der Waals surface area contributed by atoms with Gasteiger partial charge in [0.25, 0.3) is 10.0 Å². The largest absolute Gasteiger partial charge is 0.451 e. The maximum absolute atomic E-state index is 12.7. The van der Waals surface area contributed by atoms with Crippen LogP contribution in [-0.2, 0) is 29.3 Å². The molecule has 1 atom stereocenters. The summed E-state index contributed by atoms with van der Waals surface area (Å²) in [5.41, 5.74) is 4.61. The van der Waals surface area contributed by atoms with Crippen LogP contribution in [0, 0.1) is 11.8 Å². The van der Waals surface area contributed by atoms with Gasteiger partial charge in [0.1, 0.15) is 0 Å². The molecule has 7 nitrogen and oxygen atoms in total. The summed E-state index contributed by atoms with van der Waals surface area (Å²) in [4.78, 5) is 12.7. The average molecular weight is 445 g/mol. The highest BCUT2D eigenvalue weighted by Crippen LogP contribution is 2.41. The van der Waals surface area contributed by atoms with Crippen LogP contribution in [0.2, 0.25) is 0 Å². The Morgan fingerprint density at radius 2 is 1.97 bits per heavy atom. The van der Waals surface area contributed by atoms with Gasteiger partial charge in [0.2, 0.25) is 5.09 Å². The summed E-state index contributed by atoms with van der Waals surface area (Å²) in [5.74, 6) is 0.782. The Labute approximate surface area is 182 Å². The van der Waals surface area contributed by atoms with E-state index in [9.17, 15) is 18.3 Å². The second-order valence-electron chi connectivity index (χ2n) is 9.13. The highest BCUT2D eigenvalue weighted by atomic mass is 32.2. The molecule has 8 heteroatoms. The van der Waals surface area contributed by atoms with Gasteiger partial charge in [-0.25, -0.2) is 9.52 Å². The van der Waals surface area contributed by atoms with Crippen molar-refractivity contribution in [1.29, 1.82) is 0 Å². The molecular weight excluding hydrogens is 416 g/mol. The fourth-order valence-electron chi connectivity index (χ4n) is 4.67. The fourth-order valence-corrected chi connectivity index (χ4v) is 5.53. The first-order chi connectivity index (χ1) is 14.9. The standard InChI is InChI=1S/C23H28N2O5S/c26-22(16-8-9-16)18-12-20(30-13-18)31(28,29)25-23(27)24-21-17(11-14-3-1-4-14)10-7-15-5-2-6-19(15)21/h7,10,12-14,16,22,26H,1-6,8-9,11H2,(H2,24,25,27). The summed E-state index contributed by atoms with van der Waals surface area (Å²) in [5, 5.41) is 12.6. The number of aliphatic hydroxyl groups excluding tert-OH is 1. The van der Waals surface area contributed by atoms with E-state index in [-0.39, 0.29) is 11.0 Å². The average Bonchev–Trinajstić information content (AvgIpc) is 3.22. The number of furan rings is 1. The summed E-state index contributed by atoms with van der Waals surface area (Å²) in [7, 11) is -4.18. The highest BCUT2D eigenvalue weighted by molar-refractivity contribution is 7.89. The van der Waals surface area contributed by atoms with Crippen LogP contribution in [0.5, 0.6) is 0 Å². The first-order valence-corrected chi connectivity index (χ1v) is 12.6. The molecule has 3 N–H and O–H groups in total. The predicted molar refractivity (Wildman–Crippen MR) is 115 cm³/mol. The van der Waals surface area contributed by atoms with Crippen LogP contribution in [0.3, 0.4) is 0 Å². The molecule has 0 aliphatic heterocycles. The Kier molecular flexibility index (Phi) is 5.30. The molecule has 2 aromatic rings. The number of urea groups is 1. The van der Waals surface area contributed by atoms with Gasteiger partial charge in [-0.2, -0.15) is 8.42 Å². The molecule has 0 bridgehead atoms. The van der Waals surface area contributed by atoms with E-state index in [2.05, 4.69) is 22.2 Å². The molecule has 0 spiro atoms. The van der Waals surface area contributed by atoms with Gasteiger partial charge in [-0.1, -0.05) is 31.4 Å². The third kappa shape index (κ3) is 4.23. The van der Waals surface area contributed by atoms with Gasteiger partial charge in [-0.05, 0) is 67.1 Å². The van der Waals surface area contributed by atoms with Gasteiger partial charge in [0.05, 0.1) is 12.4 Å². The number of sulfonamides is 1. The third-order valence-electron chi connectivity index (χ3n) is 6.84. The van der Waals surface area contributed by atoms with E-state index in [4.69, 9.17) is 4.42 Å². The molecule has 2 fully saturated rings. The van der Waals surface area contributed by atoms with Gasteiger partial charge in [-0.3, -0.25) is 0 Å². The van der Waals surface area contributed by atoms with Crippen LogP contribution in [0.4, 0.5) is 10.5 Å². The molecule has 1 unspecified atom stereocenters. The van der Waals surface area contributed by atoms with E-state index in [1.165, 1.54) is 37.2 Å². The van der Waals surface area contributed by atoms with Gasteiger partial charge in [0, 0.05) is 17.3 Å². The lowest BCUT2D eigenvalue weighted by Crippen LogP contribution is -2.35. The van der Waals surface area contributed by atoms with E-state index in [0.717, 1.165) is 55.3 Å². The molecule has 3 aliphatic carbocycles. The Morgan fingerprint density at radius 1 is 1.16 bits per heavy atom. The van der Waals surface area contributed by atoms with Crippen LogP contribution in [0.1, 0.15) is 66.9 Å². The quantitative estimate of drug-likeness (QED) is 0.597. The van der Waals surface area contributed by atoms with Crippen LogP contribution in [0.15, 0.2) is 34.0 Å². The second kappa shape index (κ2) is 7.98. The van der Waals surface area contributed by atoms with Crippen molar-refractivity contribution in [3.63, 3.8) is 0 Å². The molecule has 1 aromatic heterocycles. The number of carbonyl (C=O) groups excluding carboxylic acids is 1. The Morgan fingerprint density at radius 3 is 2.68 bits per heavy atom. The molecule has 166 valence electrons. The number of fused-ring (bicyclic) bond motifs is 1. The Balaban J connectivity index is 1.32. The van der Waals surface area contributed by atoms with Crippen molar-refractivity contribution in [1.82, 2.24) is 4.72 Å². The van der Waals surface area contributed by atoms with Crippen molar-refractivity contribution >= 4 is 21.7 Å². The number of hydrogen-bond donors (Lipinski definition) is 3. The normalized spacial score (nSPS) is 19.5. The summed E-state index contributed by atoms with van der Waals surface area (Å²) in [6.45, 7) is 0. The monoisotopic (exact) mass is 444 g/mol. The van der Waals surface area contributed by atoms with Gasteiger partial charge < -0.3 is 14.8 Å².